The fourth-order valence-electron chi connectivity index (χ4n) is 1.91. The number of nitrogens with one attached hydrogen (secondary N) is 1. The van der Waals surface area contributed by atoms with Gasteiger partial charge in [0.1, 0.15) is 5.75 Å². The number of hydrogen-bond acceptors (Lipinski definition) is 2. The molecule has 0 fully saturated rings. The Labute approximate surface area is 140 Å². The van der Waals surface area contributed by atoms with Gasteiger partial charge in [0.05, 0.1) is 0 Å². The first-order valence-electron chi connectivity index (χ1n) is 6.86. The molecule has 22 heavy (non-hydrogen) atoms. The quantitative estimate of drug-likeness (QED) is 0.850. The monoisotopic (exact) mass is 337 g/mol. The summed E-state index contributed by atoms with van der Waals surface area (Å²) >= 11 is 11.9. The molecule has 0 aliphatic carbocycles. The molecule has 3 nitrogen and oxygen atoms in total. The lowest BCUT2D eigenvalue weighted by molar-refractivity contribution is -0.122. The van der Waals surface area contributed by atoms with Crippen LogP contribution in [0.1, 0.15) is 18.1 Å². The maximum Gasteiger partial charge on any atom is 0.265 e. The van der Waals surface area contributed by atoms with Crippen molar-refractivity contribution in [1.29, 1.82) is 0 Å². The molecule has 1 N–H and O–H groups in total. The van der Waals surface area contributed by atoms with Crippen LogP contribution in [0.2, 0.25) is 10.0 Å². The Hall–Kier alpha value is -1.71. The predicted octanol–water partition coefficient (Wildman–Crippen LogP) is 5.02. The van der Waals surface area contributed by atoms with Gasteiger partial charge < -0.3 is 10.1 Å². The van der Waals surface area contributed by atoms with Crippen LogP contribution in [0.15, 0.2) is 36.4 Å². The van der Waals surface area contributed by atoms with Crippen LogP contribution >= 0.6 is 23.2 Å². The zero-order valence-electron chi connectivity index (χ0n) is 12.6. The summed E-state index contributed by atoms with van der Waals surface area (Å²) in [6, 6.07) is 10.6. The Balaban J connectivity index is 2.05. The molecule has 5 heteroatoms. The second kappa shape index (κ2) is 7.03. The van der Waals surface area contributed by atoms with E-state index in [1.54, 1.807) is 37.3 Å². The number of amides is 1. The highest BCUT2D eigenvalue weighted by Crippen LogP contribution is 2.23. The molecule has 0 aromatic heterocycles. The van der Waals surface area contributed by atoms with Crippen LogP contribution in [0.25, 0.3) is 0 Å². The summed E-state index contributed by atoms with van der Waals surface area (Å²) < 4.78 is 5.65. The van der Waals surface area contributed by atoms with Gasteiger partial charge in [-0.3, -0.25) is 4.79 Å². The summed E-state index contributed by atoms with van der Waals surface area (Å²) in [5.41, 5.74) is 2.52. The van der Waals surface area contributed by atoms with Gasteiger partial charge in [0, 0.05) is 15.7 Å². The van der Waals surface area contributed by atoms with Crippen LogP contribution in [0.4, 0.5) is 5.69 Å². The highest BCUT2D eigenvalue weighted by atomic mass is 35.5. The molecule has 1 unspecified atom stereocenters. The standard InChI is InChI=1S/C17H17Cl2NO2/c1-10-4-5-13(18)9-16(10)20-17(21)12(3)22-14-6-7-15(19)11(2)8-14/h4-9,12H,1-3H3,(H,20,21). The van der Waals surface area contributed by atoms with Crippen molar-refractivity contribution in [3.8, 4) is 5.75 Å². The van der Waals surface area contributed by atoms with E-state index < -0.39 is 6.10 Å². The fraction of sp³-hybridized carbons (Fsp3) is 0.235. The third kappa shape index (κ3) is 4.15. The van der Waals surface area contributed by atoms with Gasteiger partial charge in [0.15, 0.2) is 6.10 Å². The van der Waals surface area contributed by atoms with E-state index in [1.807, 2.05) is 19.9 Å². The first-order valence-corrected chi connectivity index (χ1v) is 7.62. The van der Waals surface area contributed by atoms with E-state index >= 15 is 0 Å². The highest BCUT2D eigenvalue weighted by molar-refractivity contribution is 6.31. The number of carbonyl (C=O) groups is 1. The lowest BCUT2D eigenvalue weighted by Gasteiger charge is -2.16. The van der Waals surface area contributed by atoms with Crippen LogP contribution in [-0.2, 0) is 4.79 Å². The van der Waals surface area contributed by atoms with E-state index in [9.17, 15) is 4.79 Å². The van der Waals surface area contributed by atoms with Crippen molar-refractivity contribution in [1.82, 2.24) is 0 Å². The number of carbonyl (C=O) groups excluding carboxylic acids is 1. The lowest BCUT2D eigenvalue weighted by atomic mass is 10.2. The van der Waals surface area contributed by atoms with Crippen molar-refractivity contribution in [2.75, 3.05) is 5.32 Å². The van der Waals surface area contributed by atoms with Crippen molar-refractivity contribution in [3.63, 3.8) is 0 Å². The SMILES string of the molecule is Cc1cc(OC(C)C(=O)Nc2cc(Cl)ccc2C)ccc1Cl. The van der Waals surface area contributed by atoms with Gasteiger partial charge >= 0.3 is 0 Å². The van der Waals surface area contributed by atoms with Gasteiger partial charge in [-0.1, -0.05) is 29.3 Å². The first-order chi connectivity index (χ1) is 10.4. The van der Waals surface area contributed by atoms with Gasteiger partial charge in [-0.25, -0.2) is 0 Å². The molecular formula is C17H17Cl2NO2. The molecule has 0 heterocycles. The largest absolute Gasteiger partial charge is 0.481 e. The average molecular weight is 338 g/mol. The number of hydrogen-bond donors (Lipinski definition) is 1. The summed E-state index contributed by atoms with van der Waals surface area (Å²) in [4.78, 5) is 12.2. The van der Waals surface area contributed by atoms with Crippen LogP contribution in [0.3, 0.4) is 0 Å². The Bertz CT molecular complexity index is 701. The minimum Gasteiger partial charge on any atom is -0.481 e. The van der Waals surface area contributed by atoms with Crippen LogP contribution in [0.5, 0.6) is 5.75 Å². The molecule has 1 atom stereocenters. The number of rotatable bonds is 4. The fourth-order valence-corrected chi connectivity index (χ4v) is 2.20. The Kier molecular flexibility index (Phi) is 5.33. The van der Waals surface area contributed by atoms with Gasteiger partial charge in [-0.15, -0.1) is 0 Å². The van der Waals surface area contributed by atoms with Crippen molar-refractivity contribution in [2.24, 2.45) is 0 Å². The number of aryl methyl sites for hydroxylation is 2. The second-order valence-electron chi connectivity index (χ2n) is 5.12. The van der Waals surface area contributed by atoms with Gasteiger partial charge in [-0.05, 0) is 62.2 Å². The van der Waals surface area contributed by atoms with Crippen molar-refractivity contribution < 1.29 is 9.53 Å². The normalized spacial score (nSPS) is 11.9. The zero-order valence-corrected chi connectivity index (χ0v) is 14.1. The van der Waals surface area contributed by atoms with Crippen molar-refractivity contribution in [2.45, 2.75) is 26.9 Å². The number of benzene rings is 2. The lowest BCUT2D eigenvalue weighted by Crippen LogP contribution is -2.30. The minimum absolute atomic E-state index is 0.238. The molecule has 0 spiro atoms. The van der Waals surface area contributed by atoms with E-state index in [0.29, 0.717) is 21.5 Å². The third-order valence-corrected chi connectivity index (χ3v) is 3.93. The molecule has 2 rings (SSSR count). The maximum absolute atomic E-state index is 12.2. The molecule has 0 saturated heterocycles. The summed E-state index contributed by atoms with van der Waals surface area (Å²) in [5, 5.41) is 4.06. The van der Waals surface area contributed by atoms with E-state index in [0.717, 1.165) is 11.1 Å². The van der Waals surface area contributed by atoms with Crippen molar-refractivity contribution in [3.05, 3.63) is 57.6 Å². The van der Waals surface area contributed by atoms with E-state index in [-0.39, 0.29) is 5.91 Å². The zero-order chi connectivity index (χ0) is 16.3. The number of anilines is 1. The second-order valence-corrected chi connectivity index (χ2v) is 5.96. The van der Waals surface area contributed by atoms with Gasteiger partial charge in [-0.2, -0.15) is 0 Å². The van der Waals surface area contributed by atoms with Gasteiger partial charge in [0.2, 0.25) is 0 Å². The van der Waals surface area contributed by atoms with E-state index in [1.165, 1.54) is 0 Å². The predicted molar refractivity (Wildman–Crippen MR) is 91.1 cm³/mol. The molecule has 0 bridgehead atoms. The van der Waals surface area contributed by atoms with Crippen LogP contribution in [-0.4, -0.2) is 12.0 Å². The van der Waals surface area contributed by atoms with Gasteiger partial charge in [0.25, 0.3) is 5.91 Å². The molecule has 0 radical (unpaired) electrons. The maximum atomic E-state index is 12.2. The molecule has 0 aliphatic heterocycles. The molecule has 0 aliphatic rings. The summed E-state index contributed by atoms with van der Waals surface area (Å²) in [5.74, 6) is 0.366. The number of ether oxygens (including phenoxy) is 1. The van der Waals surface area contributed by atoms with Crippen LogP contribution in [0, 0.1) is 13.8 Å². The number of halogens is 2. The minimum atomic E-state index is -0.640. The van der Waals surface area contributed by atoms with E-state index in [4.69, 9.17) is 27.9 Å². The van der Waals surface area contributed by atoms with Crippen molar-refractivity contribution >= 4 is 34.8 Å². The Morgan fingerprint density at radius 1 is 1.09 bits per heavy atom. The Morgan fingerprint density at radius 3 is 2.50 bits per heavy atom. The molecular weight excluding hydrogens is 321 g/mol. The molecule has 1 amide bonds. The summed E-state index contributed by atoms with van der Waals surface area (Å²) in [7, 11) is 0. The molecule has 0 saturated carbocycles. The molecule has 2 aromatic rings. The Morgan fingerprint density at radius 2 is 1.82 bits per heavy atom. The van der Waals surface area contributed by atoms with E-state index in [2.05, 4.69) is 5.32 Å². The summed E-state index contributed by atoms with van der Waals surface area (Å²) in [6.45, 7) is 5.48. The highest BCUT2D eigenvalue weighted by Gasteiger charge is 2.16. The average Bonchev–Trinajstić information content (AvgIpc) is 2.46. The molecule has 116 valence electrons. The topological polar surface area (TPSA) is 38.3 Å². The smallest absolute Gasteiger partial charge is 0.265 e. The van der Waals surface area contributed by atoms with Crippen LogP contribution < -0.4 is 10.1 Å². The first kappa shape index (κ1) is 16.7. The third-order valence-electron chi connectivity index (χ3n) is 3.27. The molecule has 2 aromatic carbocycles. The summed E-state index contributed by atoms with van der Waals surface area (Å²) in [6.07, 6.45) is -0.640.